The Balaban J connectivity index is 1.90. The molecule has 8 heteroatoms. The summed E-state index contributed by atoms with van der Waals surface area (Å²) in [5.74, 6) is 0.661. The molecule has 0 radical (unpaired) electrons. The van der Waals surface area contributed by atoms with Crippen LogP contribution < -0.4 is 15.7 Å². The minimum absolute atomic E-state index is 0.00749. The predicted molar refractivity (Wildman–Crippen MR) is 110 cm³/mol. The third kappa shape index (κ3) is 4.49. The van der Waals surface area contributed by atoms with Crippen LogP contribution in [-0.4, -0.2) is 35.1 Å². The van der Waals surface area contributed by atoms with E-state index in [4.69, 9.17) is 0 Å². The smallest absolute Gasteiger partial charge is 0.228 e. The molecule has 1 aromatic carbocycles. The maximum atomic E-state index is 13.5. The molecule has 3 rings (SSSR count). The molecule has 1 aromatic heterocycles. The number of hydrogen-bond acceptors (Lipinski definition) is 4. The first-order valence-corrected chi connectivity index (χ1v) is 11.1. The van der Waals surface area contributed by atoms with Gasteiger partial charge in [0, 0.05) is 35.6 Å². The summed E-state index contributed by atoms with van der Waals surface area (Å²) in [6.45, 7) is 6.87. The number of nitrogens with zero attached hydrogens (tertiary/aromatic N) is 1. The first kappa shape index (κ1) is 19.4. The van der Waals surface area contributed by atoms with Crippen LogP contribution in [-0.2, 0) is 15.8 Å². The molecule has 0 saturated heterocycles. The Morgan fingerprint density at radius 1 is 1.37 bits per heavy atom. The molecule has 1 aliphatic heterocycles. The first-order valence-electron chi connectivity index (χ1n) is 9.17. The number of benzene rings is 1. The quantitative estimate of drug-likeness (QED) is 0.519. The monoisotopic (exact) mass is 387 g/mol. The number of aryl methyl sites for hydroxylation is 1. The van der Waals surface area contributed by atoms with E-state index >= 15 is 0 Å². The van der Waals surface area contributed by atoms with Gasteiger partial charge in [-0.2, -0.15) is 0 Å². The highest BCUT2D eigenvalue weighted by molar-refractivity contribution is 7.66. The van der Waals surface area contributed by atoms with Crippen LogP contribution in [0.2, 0.25) is 0 Å². The van der Waals surface area contributed by atoms with Gasteiger partial charge in [-0.15, -0.1) is 0 Å². The SMILES string of the molecule is CCNP(=O)(CC)C(=Cc1ccc2c(c1)CC(=O)N2)CNc1ncc(C)[nH]1. The van der Waals surface area contributed by atoms with Crippen molar-refractivity contribution in [3.63, 3.8) is 0 Å². The Morgan fingerprint density at radius 2 is 2.19 bits per heavy atom. The Labute approximate surface area is 159 Å². The number of aromatic amines is 1. The van der Waals surface area contributed by atoms with Crippen molar-refractivity contribution >= 4 is 30.9 Å². The Kier molecular flexibility index (Phi) is 5.82. The molecule has 0 spiro atoms. The van der Waals surface area contributed by atoms with Crippen LogP contribution in [0.5, 0.6) is 0 Å². The molecule has 0 bridgehead atoms. The zero-order valence-electron chi connectivity index (χ0n) is 15.9. The van der Waals surface area contributed by atoms with Gasteiger partial charge in [-0.3, -0.25) is 9.88 Å². The fourth-order valence-corrected chi connectivity index (χ4v) is 5.20. The fraction of sp³-hybridized carbons (Fsp3) is 0.368. The number of carbonyl (C=O) groups excluding carboxylic acids is 1. The molecule has 1 unspecified atom stereocenters. The van der Waals surface area contributed by atoms with Crippen molar-refractivity contribution in [2.75, 3.05) is 29.9 Å². The van der Waals surface area contributed by atoms with E-state index in [9.17, 15) is 9.36 Å². The number of nitrogens with one attached hydrogen (secondary N) is 4. The highest BCUT2D eigenvalue weighted by Crippen LogP contribution is 2.50. The van der Waals surface area contributed by atoms with E-state index in [1.165, 1.54) is 0 Å². The number of aromatic nitrogens is 2. The number of fused-ring (bicyclic) bond motifs is 1. The minimum atomic E-state index is -2.71. The second-order valence-electron chi connectivity index (χ2n) is 6.61. The number of rotatable bonds is 8. The van der Waals surface area contributed by atoms with Crippen molar-refractivity contribution < 1.29 is 9.36 Å². The first-order chi connectivity index (χ1) is 12.9. The summed E-state index contributed by atoms with van der Waals surface area (Å²) in [4.78, 5) is 19.0. The molecule has 4 N–H and O–H groups in total. The lowest BCUT2D eigenvalue weighted by atomic mass is 10.1. The van der Waals surface area contributed by atoms with Crippen LogP contribution >= 0.6 is 7.29 Å². The van der Waals surface area contributed by atoms with Gasteiger partial charge in [0.15, 0.2) is 7.29 Å². The van der Waals surface area contributed by atoms with Crippen molar-refractivity contribution in [2.45, 2.75) is 27.2 Å². The maximum Gasteiger partial charge on any atom is 0.228 e. The van der Waals surface area contributed by atoms with Gasteiger partial charge in [-0.1, -0.05) is 19.9 Å². The van der Waals surface area contributed by atoms with E-state index in [2.05, 4.69) is 25.7 Å². The molecular formula is C19H26N5O2P. The zero-order chi connectivity index (χ0) is 19.4. The Morgan fingerprint density at radius 3 is 2.85 bits per heavy atom. The van der Waals surface area contributed by atoms with Crippen molar-refractivity contribution in [1.82, 2.24) is 15.1 Å². The molecule has 0 fully saturated rings. The maximum absolute atomic E-state index is 13.5. The predicted octanol–water partition coefficient (Wildman–Crippen LogP) is 3.57. The summed E-state index contributed by atoms with van der Waals surface area (Å²) in [5, 5.41) is 10.1. The van der Waals surface area contributed by atoms with Crippen molar-refractivity contribution in [2.24, 2.45) is 0 Å². The molecule has 1 atom stereocenters. The highest BCUT2D eigenvalue weighted by Gasteiger charge is 2.25. The van der Waals surface area contributed by atoms with Crippen LogP contribution in [0.4, 0.5) is 11.6 Å². The average Bonchev–Trinajstić information content (AvgIpc) is 3.22. The van der Waals surface area contributed by atoms with E-state index in [1.807, 2.05) is 45.0 Å². The minimum Gasteiger partial charge on any atom is -0.352 e. The second-order valence-corrected chi connectivity index (χ2v) is 9.62. The summed E-state index contributed by atoms with van der Waals surface area (Å²) in [5.41, 5.74) is 3.72. The molecule has 0 aliphatic carbocycles. The number of hydrogen-bond donors (Lipinski definition) is 4. The van der Waals surface area contributed by atoms with E-state index in [1.54, 1.807) is 6.20 Å². The zero-order valence-corrected chi connectivity index (χ0v) is 16.8. The molecule has 2 heterocycles. The Bertz CT molecular complexity index is 919. The molecular weight excluding hydrogens is 361 g/mol. The lowest BCUT2D eigenvalue weighted by Crippen LogP contribution is -2.17. The van der Waals surface area contributed by atoms with Gasteiger partial charge in [0.25, 0.3) is 0 Å². The van der Waals surface area contributed by atoms with Crippen molar-refractivity contribution in [3.05, 3.63) is 46.5 Å². The fourth-order valence-electron chi connectivity index (χ4n) is 3.16. The van der Waals surface area contributed by atoms with Crippen molar-refractivity contribution in [1.29, 1.82) is 0 Å². The third-order valence-corrected chi connectivity index (χ3v) is 7.48. The van der Waals surface area contributed by atoms with Gasteiger partial charge in [0.1, 0.15) is 0 Å². The van der Waals surface area contributed by atoms with E-state index in [0.717, 1.165) is 27.8 Å². The lowest BCUT2D eigenvalue weighted by molar-refractivity contribution is -0.115. The molecule has 27 heavy (non-hydrogen) atoms. The average molecular weight is 387 g/mol. The summed E-state index contributed by atoms with van der Waals surface area (Å²) >= 11 is 0. The lowest BCUT2D eigenvalue weighted by Gasteiger charge is -2.21. The number of anilines is 2. The number of carbonyl (C=O) groups is 1. The largest absolute Gasteiger partial charge is 0.352 e. The third-order valence-electron chi connectivity index (χ3n) is 4.55. The standard InChI is InChI=1S/C19H26N5O2P/c1-4-22-27(26,5-2)16(12-21-19-20-11-13(3)23-19)9-14-6-7-17-15(8-14)10-18(25)24-17/h6-9,11H,4-5,10,12H2,1-3H3,(H,22,26)(H,24,25)(H2,20,21,23). The summed E-state index contributed by atoms with van der Waals surface area (Å²) in [6.07, 6.45) is 4.62. The molecule has 1 amide bonds. The van der Waals surface area contributed by atoms with E-state index in [0.29, 0.717) is 31.6 Å². The highest BCUT2D eigenvalue weighted by atomic mass is 31.2. The second kappa shape index (κ2) is 8.11. The van der Waals surface area contributed by atoms with Gasteiger partial charge >= 0.3 is 0 Å². The van der Waals surface area contributed by atoms with Gasteiger partial charge in [0.05, 0.1) is 6.42 Å². The number of amides is 1. The van der Waals surface area contributed by atoms with Gasteiger partial charge in [-0.25, -0.2) is 4.98 Å². The normalized spacial score (nSPS) is 16.0. The number of H-pyrrole nitrogens is 1. The van der Waals surface area contributed by atoms with Gasteiger partial charge < -0.3 is 20.2 Å². The summed E-state index contributed by atoms with van der Waals surface area (Å²) in [7, 11) is -2.71. The molecule has 144 valence electrons. The van der Waals surface area contributed by atoms with Crippen LogP contribution in [0.1, 0.15) is 30.7 Å². The van der Waals surface area contributed by atoms with Crippen LogP contribution in [0.3, 0.4) is 0 Å². The number of imidazole rings is 1. The van der Waals surface area contributed by atoms with Gasteiger partial charge in [-0.05, 0) is 42.8 Å². The van der Waals surface area contributed by atoms with E-state index in [-0.39, 0.29) is 5.91 Å². The van der Waals surface area contributed by atoms with Gasteiger partial charge in [0.2, 0.25) is 11.9 Å². The summed E-state index contributed by atoms with van der Waals surface area (Å²) < 4.78 is 13.5. The van der Waals surface area contributed by atoms with Crippen molar-refractivity contribution in [3.8, 4) is 0 Å². The summed E-state index contributed by atoms with van der Waals surface area (Å²) in [6, 6.07) is 5.82. The molecule has 2 aromatic rings. The van der Waals surface area contributed by atoms with Crippen LogP contribution in [0, 0.1) is 6.92 Å². The molecule has 0 saturated carbocycles. The molecule has 1 aliphatic rings. The topological polar surface area (TPSA) is 98.9 Å². The van der Waals surface area contributed by atoms with Crippen LogP contribution in [0.15, 0.2) is 29.7 Å². The van der Waals surface area contributed by atoms with Crippen LogP contribution in [0.25, 0.3) is 6.08 Å². The molecule has 7 nitrogen and oxygen atoms in total. The van der Waals surface area contributed by atoms with E-state index < -0.39 is 7.29 Å². The Hall–Kier alpha value is -2.37.